The van der Waals surface area contributed by atoms with Crippen molar-refractivity contribution in [2.75, 3.05) is 26.3 Å². The van der Waals surface area contributed by atoms with Crippen LogP contribution in [0.4, 0.5) is 22.0 Å². The molecular weight excluding hydrogens is 521 g/mol. The van der Waals surface area contributed by atoms with Crippen LogP contribution in [0.1, 0.15) is 35.7 Å². The number of benzene rings is 1. The molecule has 2 fully saturated rings. The van der Waals surface area contributed by atoms with Crippen molar-refractivity contribution in [2.24, 2.45) is 7.05 Å². The highest BCUT2D eigenvalue weighted by Gasteiger charge is 2.42. The molecule has 2 saturated heterocycles. The number of pyridine rings is 1. The SMILES string of the molecule is C[C@H](c1nc(C(F)(F)F)cc2c(-c3cccc(C4(Cc5nncn5C)COC4)c3)n[nH]c12)N1C[C@H](F)[C@@H](F)C1. The molecule has 206 valence electrons. The average Bonchev–Trinajstić information content (AvgIpc) is 3.58. The molecule has 0 saturated carbocycles. The molecule has 5 heterocycles. The number of fused-ring (bicyclic) bond motifs is 1. The zero-order valence-electron chi connectivity index (χ0n) is 21.2. The highest BCUT2D eigenvalue weighted by atomic mass is 19.4. The van der Waals surface area contributed by atoms with Gasteiger partial charge in [-0.2, -0.15) is 18.3 Å². The van der Waals surface area contributed by atoms with Crippen LogP contribution in [0.25, 0.3) is 22.2 Å². The lowest BCUT2D eigenvalue weighted by atomic mass is 9.75. The number of aryl methyl sites for hydroxylation is 1. The van der Waals surface area contributed by atoms with E-state index in [1.165, 1.54) is 4.90 Å². The lowest BCUT2D eigenvalue weighted by Gasteiger charge is -2.41. The first-order valence-corrected chi connectivity index (χ1v) is 12.6. The minimum Gasteiger partial charge on any atom is -0.379 e. The third-order valence-corrected chi connectivity index (χ3v) is 7.83. The number of hydrogen-bond donors (Lipinski definition) is 1. The van der Waals surface area contributed by atoms with Gasteiger partial charge in [-0.15, -0.1) is 10.2 Å². The van der Waals surface area contributed by atoms with E-state index < -0.39 is 30.3 Å². The van der Waals surface area contributed by atoms with Crippen LogP contribution in [0.3, 0.4) is 0 Å². The van der Waals surface area contributed by atoms with Gasteiger partial charge in [-0.25, -0.2) is 13.8 Å². The zero-order valence-corrected chi connectivity index (χ0v) is 21.2. The van der Waals surface area contributed by atoms with Crippen molar-refractivity contribution in [3.05, 3.63) is 59.4 Å². The fourth-order valence-corrected chi connectivity index (χ4v) is 5.43. The van der Waals surface area contributed by atoms with E-state index in [4.69, 9.17) is 4.74 Å². The summed E-state index contributed by atoms with van der Waals surface area (Å²) in [5.74, 6) is 0.793. The van der Waals surface area contributed by atoms with E-state index >= 15 is 0 Å². The maximum atomic E-state index is 13.9. The van der Waals surface area contributed by atoms with Gasteiger partial charge in [0.1, 0.15) is 35.9 Å². The van der Waals surface area contributed by atoms with Crippen LogP contribution >= 0.6 is 0 Å². The van der Waals surface area contributed by atoms with Gasteiger partial charge in [-0.05, 0) is 24.6 Å². The number of nitrogens with zero attached hydrogens (tertiary/aromatic N) is 6. The number of halogens is 5. The molecule has 0 radical (unpaired) electrons. The highest BCUT2D eigenvalue weighted by Crippen LogP contribution is 2.40. The van der Waals surface area contributed by atoms with E-state index in [9.17, 15) is 22.0 Å². The van der Waals surface area contributed by atoms with Crippen LogP contribution in [0.5, 0.6) is 0 Å². The second-order valence-electron chi connectivity index (χ2n) is 10.4. The van der Waals surface area contributed by atoms with Crippen molar-refractivity contribution in [1.82, 2.24) is 34.8 Å². The van der Waals surface area contributed by atoms with Crippen molar-refractivity contribution in [1.29, 1.82) is 0 Å². The summed E-state index contributed by atoms with van der Waals surface area (Å²) in [6.45, 7) is 2.09. The van der Waals surface area contributed by atoms with Gasteiger partial charge in [0.25, 0.3) is 0 Å². The standard InChI is InChI=1S/C26H26F5N7O/c1-14(38-9-18(27)19(28)10-38)22-24-17(7-20(33-22)26(29,30)31)23(35-36-24)15-4-3-5-16(6-15)25(11-39-12-25)8-21-34-32-13-37(21)2/h3-7,13-14,18-19H,8-12H2,1-2H3,(H,35,36)/t14-,18+,19+/m1/s1. The predicted octanol–water partition coefficient (Wildman–Crippen LogP) is 4.34. The normalized spacial score (nSPS) is 22.3. The molecular formula is C26H26F5N7O. The van der Waals surface area contributed by atoms with Gasteiger partial charge >= 0.3 is 6.18 Å². The quantitative estimate of drug-likeness (QED) is 0.362. The number of rotatable bonds is 6. The first kappa shape index (κ1) is 25.8. The Labute approximate surface area is 220 Å². The molecule has 8 nitrogen and oxygen atoms in total. The Morgan fingerprint density at radius 2 is 1.90 bits per heavy atom. The smallest absolute Gasteiger partial charge is 0.379 e. The van der Waals surface area contributed by atoms with Crippen LogP contribution in [0, 0.1) is 0 Å². The monoisotopic (exact) mass is 547 g/mol. The molecule has 4 aromatic rings. The number of alkyl halides is 5. The number of H-pyrrole nitrogens is 1. The van der Waals surface area contributed by atoms with E-state index in [0.29, 0.717) is 36.4 Å². The Morgan fingerprint density at radius 1 is 1.15 bits per heavy atom. The lowest BCUT2D eigenvalue weighted by molar-refractivity contribution is -0.141. The Hall–Kier alpha value is -3.45. The molecule has 0 aliphatic carbocycles. The van der Waals surface area contributed by atoms with E-state index in [0.717, 1.165) is 17.5 Å². The number of nitrogens with one attached hydrogen (secondary N) is 1. The molecule has 0 bridgehead atoms. The molecule has 13 heteroatoms. The second kappa shape index (κ2) is 9.33. The third-order valence-electron chi connectivity index (χ3n) is 7.83. The minimum absolute atomic E-state index is 0.0437. The summed E-state index contributed by atoms with van der Waals surface area (Å²) in [5, 5.41) is 15.6. The minimum atomic E-state index is -4.72. The van der Waals surface area contributed by atoms with Crippen molar-refractivity contribution < 1.29 is 26.7 Å². The fraction of sp³-hybridized carbons (Fsp3) is 0.462. The van der Waals surface area contributed by atoms with Crippen molar-refractivity contribution in [3.8, 4) is 11.3 Å². The maximum Gasteiger partial charge on any atom is 0.433 e. The third kappa shape index (κ3) is 4.46. The topological polar surface area (TPSA) is 84.7 Å². The summed E-state index contributed by atoms with van der Waals surface area (Å²) in [4.78, 5) is 5.35. The van der Waals surface area contributed by atoms with Gasteiger partial charge < -0.3 is 9.30 Å². The highest BCUT2D eigenvalue weighted by molar-refractivity contribution is 5.94. The summed E-state index contributed by atoms with van der Waals surface area (Å²) < 4.78 is 77.0. The van der Waals surface area contributed by atoms with E-state index in [1.54, 1.807) is 19.3 Å². The Morgan fingerprint density at radius 3 is 2.51 bits per heavy atom. The van der Waals surface area contributed by atoms with Crippen molar-refractivity contribution in [2.45, 2.75) is 43.3 Å². The second-order valence-corrected chi connectivity index (χ2v) is 10.4. The van der Waals surface area contributed by atoms with Crippen molar-refractivity contribution in [3.63, 3.8) is 0 Å². The summed E-state index contributed by atoms with van der Waals surface area (Å²) in [6, 6.07) is 7.70. The molecule has 3 aromatic heterocycles. The van der Waals surface area contributed by atoms with Gasteiger partial charge in [-0.1, -0.05) is 18.2 Å². The number of aromatic nitrogens is 6. The van der Waals surface area contributed by atoms with E-state index in [2.05, 4.69) is 25.4 Å². The fourth-order valence-electron chi connectivity index (χ4n) is 5.43. The summed E-state index contributed by atoms with van der Waals surface area (Å²) in [7, 11) is 1.86. The molecule has 2 aliphatic rings. The Kier molecular flexibility index (Phi) is 6.18. The van der Waals surface area contributed by atoms with Crippen LogP contribution in [-0.2, 0) is 29.8 Å². The molecule has 1 aromatic carbocycles. The Bertz CT molecular complexity index is 1500. The molecule has 0 unspecified atom stereocenters. The van der Waals surface area contributed by atoms with Crippen LogP contribution in [-0.4, -0.2) is 73.5 Å². The van der Waals surface area contributed by atoms with Crippen LogP contribution in [0.15, 0.2) is 36.7 Å². The zero-order chi connectivity index (χ0) is 27.5. The van der Waals surface area contributed by atoms with Gasteiger partial charge in [0.05, 0.1) is 30.5 Å². The first-order chi connectivity index (χ1) is 18.6. The number of hydrogen-bond acceptors (Lipinski definition) is 6. The largest absolute Gasteiger partial charge is 0.433 e. The van der Waals surface area contributed by atoms with E-state index in [1.807, 2.05) is 29.8 Å². The van der Waals surface area contributed by atoms with E-state index in [-0.39, 0.29) is 29.6 Å². The van der Waals surface area contributed by atoms with Crippen molar-refractivity contribution >= 4 is 10.9 Å². The predicted molar refractivity (Wildman–Crippen MR) is 131 cm³/mol. The van der Waals surface area contributed by atoms with Gasteiger partial charge in [0.15, 0.2) is 0 Å². The Balaban J connectivity index is 1.42. The molecule has 3 atom stereocenters. The lowest BCUT2D eigenvalue weighted by Crippen LogP contribution is -2.49. The van der Waals surface area contributed by atoms with Gasteiger partial charge in [-0.3, -0.25) is 10.00 Å². The summed E-state index contributed by atoms with van der Waals surface area (Å²) >= 11 is 0. The first-order valence-electron chi connectivity index (χ1n) is 12.6. The molecule has 1 N–H and O–H groups in total. The molecule has 39 heavy (non-hydrogen) atoms. The number of ether oxygens (including phenoxy) is 1. The molecule has 0 amide bonds. The van der Waals surface area contributed by atoms with Gasteiger partial charge in [0, 0.05) is 42.9 Å². The number of aromatic amines is 1. The molecule has 2 aliphatic heterocycles. The summed E-state index contributed by atoms with van der Waals surface area (Å²) in [5.41, 5.74) is 0.795. The van der Waals surface area contributed by atoms with Crippen LogP contribution < -0.4 is 0 Å². The average molecular weight is 548 g/mol. The summed E-state index contributed by atoms with van der Waals surface area (Å²) in [6.07, 6.45) is -5.91. The molecule has 6 rings (SSSR count). The maximum absolute atomic E-state index is 13.9. The van der Waals surface area contributed by atoms with Gasteiger partial charge in [0.2, 0.25) is 0 Å². The molecule has 0 spiro atoms. The number of likely N-dealkylation sites (tertiary alicyclic amines) is 1. The van der Waals surface area contributed by atoms with Crippen LogP contribution in [0.2, 0.25) is 0 Å².